The lowest BCUT2D eigenvalue weighted by molar-refractivity contribution is -0.141. The van der Waals surface area contributed by atoms with Gasteiger partial charge in [-0.3, -0.25) is 9.59 Å². The van der Waals surface area contributed by atoms with E-state index in [-0.39, 0.29) is 24.4 Å². The molecule has 3 aliphatic heterocycles. The van der Waals surface area contributed by atoms with Crippen molar-refractivity contribution in [3.63, 3.8) is 0 Å². The summed E-state index contributed by atoms with van der Waals surface area (Å²) in [6, 6.07) is 17.2. The Morgan fingerprint density at radius 3 is 2.35 bits per heavy atom. The number of amides is 4. The van der Waals surface area contributed by atoms with Crippen molar-refractivity contribution in [2.45, 2.75) is 38.1 Å². The van der Waals surface area contributed by atoms with Gasteiger partial charge in [-0.25, -0.2) is 4.79 Å². The first-order valence-electron chi connectivity index (χ1n) is 13.1. The Bertz CT molecular complexity index is 1140. The zero-order chi connectivity index (χ0) is 26.0. The number of anilines is 2. The number of para-hydroxylation sites is 1. The molecule has 3 saturated heterocycles. The molecule has 0 radical (unpaired) electrons. The van der Waals surface area contributed by atoms with Crippen molar-refractivity contribution in [3.8, 4) is 0 Å². The van der Waals surface area contributed by atoms with E-state index in [2.05, 4.69) is 33.1 Å². The fraction of sp³-hybridized carbons (Fsp3) is 0.464. The monoisotopic (exact) mass is 567 g/mol. The van der Waals surface area contributed by atoms with Crippen LogP contribution >= 0.6 is 15.9 Å². The summed E-state index contributed by atoms with van der Waals surface area (Å²) in [5.41, 5.74) is 0.925. The van der Waals surface area contributed by atoms with Crippen LogP contribution in [0.25, 0.3) is 0 Å². The topological polar surface area (TPSA) is 76.2 Å². The standard InChI is InChI=1S/C28H34BrN5O3/c1-21-10-14-31(15-11-21)25(35)19-33-20-34(24-8-3-2-4-9-24)28(26(33)36)12-16-32(17-13-28)27(37)30-23-7-5-6-22(29)18-23/h2-9,18,21H,10-17,19-20H2,1H3,(H,30,37). The van der Waals surface area contributed by atoms with Crippen LogP contribution in [0.15, 0.2) is 59.1 Å². The van der Waals surface area contributed by atoms with Crippen molar-refractivity contribution in [2.24, 2.45) is 5.92 Å². The summed E-state index contributed by atoms with van der Waals surface area (Å²) in [7, 11) is 0. The van der Waals surface area contributed by atoms with Gasteiger partial charge in [0.15, 0.2) is 0 Å². The number of hydrogen-bond donors (Lipinski definition) is 1. The Labute approximate surface area is 226 Å². The van der Waals surface area contributed by atoms with E-state index in [9.17, 15) is 14.4 Å². The van der Waals surface area contributed by atoms with E-state index in [1.165, 1.54) is 0 Å². The van der Waals surface area contributed by atoms with Gasteiger partial charge in [-0.2, -0.15) is 0 Å². The molecule has 8 nitrogen and oxygen atoms in total. The van der Waals surface area contributed by atoms with Gasteiger partial charge in [-0.05, 0) is 61.9 Å². The summed E-state index contributed by atoms with van der Waals surface area (Å²) < 4.78 is 0.895. The van der Waals surface area contributed by atoms with Crippen LogP contribution in [0, 0.1) is 5.92 Å². The normalized spacial score (nSPS) is 20.0. The fourth-order valence-corrected chi connectivity index (χ4v) is 6.09. The van der Waals surface area contributed by atoms with Crippen molar-refractivity contribution < 1.29 is 14.4 Å². The van der Waals surface area contributed by atoms with Gasteiger partial charge in [0.25, 0.3) is 5.91 Å². The lowest BCUT2D eigenvalue weighted by Gasteiger charge is -2.43. The molecule has 3 fully saturated rings. The molecule has 0 bridgehead atoms. The highest BCUT2D eigenvalue weighted by Crippen LogP contribution is 2.39. The molecule has 3 aliphatic rings. The average molecular weight is 569 g/mol. The summed E-state index contributed by atoms with van der Waals surface area (Å²) in [5, 5.41) is 2.96. The van der Waals surface area contributed by atoms with Crippen LogP contribution in [0.2, 0.25) is 0 Å². The van der Waals surface area contributed by atoms with Crippen LogP contribution < -0.4 is 10.2 Å². The van der Waals surface area contributed by atoms with Crippen LogP contribution in [0.5, 0.6) is 0 Å². The molecule has 0 unspecified atom stereocenters. The Kier molecular flexibility index (Phi) is 7.42. The number of halogens is 1. The molecule has 0 atom stereocenters. The first-order valence-corrected chi connectivity index (χ1v) is 13.9. The predicted molar refractivity (Wildman–Crippen MR) is 147 cm³/mol. The van der Waals surface area contributed by atoms with Crippen LogP contribution in [0.3, 0.4) is 0 Å². The fourth-order valence-electron chi connectivity index (χ4n) is 5.69. The summed E-state index contributed by atoms with van der Waals surface area (Å²) >= 11 is 3.43. The van der Waals surface area contributed by atoms with Crippen molar-refractivity contribution in [1.82, 2.24) is 14.7 Å². The quantitative estimate of drug-likeness (QED) is 0.594. The summed E-state index contributed by atoms with van der Waals surface area (Å²) in [6.07, 6.45) is 3.05. The van der Waals surface area contributed by atoms with Crippen molar-refractivity contribution in [3.05, 3.63) is 59.1 Å². The molecule has 9 heteroatoms. The minimum atomic E-state index is -0.759. The van der Waals surface area contributed by atoms with Gasteiger partial charge in [-0.1, -0.05) is 47.1 Å². The molecule has 4 amide bonds. The van der Waals surface area contributed by atoms with Gasteiger partial charge in [0, 0.05) is 42.0 Å². The highest BCUT2D eigenvalue weighted by Gasteiger charge is 2.54. The van der Waals surface area contributed by atoms with Gasteiger partial charge >= 0.3 is 6.03 Å². The van der Waals surface area contributed by atoms with Crippen molar-refractivity contribution in [1.29, 1.82) is 0 Å². The minimum Gasteiger partial charge on any atom is -0.341 e. The third-order valence-corrected chi connectivity index (χ3v) is 8.49. The zero-order valence-electron chi connectivity index (χ0n) is 21.2. The van der Waals surface area contributed by atoms with Gasteiger partial charge in [0.05, 0.1) is 6.67 Å². The molecule has 0 aromatic heterocycles. The maximum Gasteiger partial charge on any atom is 0.321 e. The van der Waals surface area contributed by atoms with Crippen molar-refractivity contribution in [2.75, 3.05) is 49.6 Å². The number of rotatable bonds is 4. The van der Waals surface area contributed by atoms with E-state index >= 15 is 0 Å². The van der Waals surface area contributed by atoms with Gasteiger partial charge < -0.3 is 24.9 Å². The Hall–Kier alpha value is -3.07. The van der Waals surface area contributed by atoms with Crippen LogP contribution in [0.1, 0.15) is 32.6 Å². The second-order valence-corrected chi connectivity index (χ2v) is 11.3. The van der Waals surface area contributed by atoms with E-state index in [4.69, 9.17) is 0 Å². The maximum absolute atomic E-state index is 13.9. The Morgan fingerprint density at radius 2 is 1.68 bits per heavy atom. The lowest BCUT2D eigenvalue weighted by Crippen LogP contribution is -2.58. The van der Waals surface area contributed by atoms with E-state index in [1.807, 2.05) is 59.5 Å². The molecular formula is C28H34BrN5O3. The highest BCUT2D eigenvalue weighted by molar-refractivity contribution is 9.10. The summed E-state index contributed by atoms with van der Waals surface area (Å²) in [6.45, 7) is 5.14. The largest absolute Gasteiger partial charge is 0.341 e. The summed E-state index contributed by atoms with van der Waals surface area (Å²) in [4.78, 5) is 47.5. The second-order valence-electron chi connectivity index (χ2n) is 10.4. The van der Waals surface area contributed by atoms with E-state index in [1.54, 1.807) is 9.80 Å². The molecule has 1 N–H and O–H groups in total. The molecule has 2 aromatic rings. The molecule has 37 heavy (non-hydrogen) atoms. The number of urea groups is 1. The number of benzene rings is 2. The third kappa shape index (κ3) is 5.32. The molecule has 3 heterocycles. The first-order chi connectivity index (χ1) is 17.9. The number of nitrogens with one attached hydrogen (secondary N) is 1. The molecule has 0 saturated carbocycles. The molecule has 0 aliphatic carbocycles. The second kappa shape index (κ2) is 10.7. The molecule has 5 rings (SSSR count). The van der Waals surface area contributed by atoms with Crippen LogP contribution in [-0.4, -0.2) is 77.5 Å². The third-order valence-electron chi connectivity index (χ3n) is 8.00. The molecule has 1 spiro atoms. The maximum atomic E-state index is 13.9. The Morgan fingerprint density at radius 1 is 0.973 bits per heavy atom. The number of piperidine rings is 2. The van der Waals surface area contributed by atoms with Gasteiger partial charge in [0.1, 0.15) is 12.1 Å². The Balaban J connectivity index is 1.30. The smallest absolute Gasteiger partial charge is 0.321 e. The zero-order valence-corrected chi connectivity index (χ0v) is 22.8. The van der Waals surface area contributed by atoms with E-state index < -0.39 is 5.54 Å². The van der Waals surface area contributed by atoms with E-state index in [0.29, 0.717) is 38.5 Å². The molecular weight excluding hydrogens is 534 g/mol. The van der Waals surface area contributed by atoms with Crippen LogP contribution in [-0.2, 0) is 9.59 Å². The number of likely N-dealkylation sites (tertiary alicyclic amines) is 2. The predicted octanol–water partition coefficient (Wildman–Crippen LogP) is 4.38. The minimum absolute atomic E-state index is 0.0119. The van der Waals surface area contributed by atoms with Gasteiger partial charge in [-0.15, -0.1) is 0 Å². The number of carbonyl (C=O) groups is 3. The molecule has 2 aromatic carbocycles. The average Bonchev–Trinajstić information content (AvgIpc) is 3.16. The first kappa shape index (κ1) is 25.6. The summed E-state index contributed by atoms with van der Waals surface area (Å²) in [5.74, 6) is 0.651. The number of hydrogen-bond acceptors (Lipinski definition) is 4. The lowest BCUT2D eigenvalue weighted by atomic mass is 9.85. The SMILES string of the molecule is CC1CCN(C(=O)CN2CN(c3ccccc3)C3(CCN(C(=O)Nc4cccc(Br)c4)CC3)C2=O)CC1. The number of nitrogens with zero attached hydrogens (tertiary/aromatic N) is 4. The number of carbonyl (C=O) groups excluding carboxylic acids is 3. The molecule has 196 valence electrons. The van der Waals surface area contributed by atoms with Gasteiger partial charge in [0.2, 0.25) is 5.91 Å². The van der Waals surface area contributed by atoms with Crippen molar-refractivity contribution >= 4 is 45.2 Å². The highest BCUT2D eigenvalue weighted by atomic mass is 79.9. The van der Waals surface area contributed by atoms with E-state index in [0.717, 1.165) is 41.8 Å². The van der Waals surface area contributed by atoms with Crippen LogP contribution in [0.4, 0.5) is 16.2 Å².